The average molecular weight is 335 g/mol. The number of benzene rings is 2. The van der Waals surface area contributed by atoms with E-state index in [2.05, 4.69) is 10.5 Å². The van der Waals surface area contributed by atoms with E-state index >= 15 is 0 Å². The van der Waals surface area contributed by atoms with Crippen molar-refractivity contribution in [3.63, 3.8) is 0 Å². The van der Waals surface area contributed by atoms with Crippen LogP contribution in [0.1, 0.15) is 22.3 Å². The van der Waals surface area contributed by atoms with Crippen molar-refractivity contribution in [2.24, 2.45) is 5.10 Å². The molecule has 2 aromatic carbocycles. The summed E-state index contributed by atoms with van der Waals surface area (Å²) in [5.74, 6) is 0.229. The van der Waals surface area contributed by atoms with E-state index in [1.807, 2.05) is 0 Å². The monoisotopic (exact) mass is 334 g/mol. The van der Waals surface area contributed by atoms with Crippen molar-refractivity contribution < 1.29 is 9.18 Å². The zero-order valence-electron chi connectivity index (χ0n) is 11.5. The van der Waals surface area contributed by atoms with Crippen molar-refractivity contribution >= 4 is 35.0 Å². The number of rotatable bonds is 2. The number of hydrazone groups is 1. The molecule has 0 aliphatic carbocycles. The average Bonchev–Trinajstić information content (AvgIpc) is 2.53. The third-order valence-electron chi connectivity index (χ3n) is 3.25. The highest BCUT2D eigenvalue weighted by molar-refractivity contribution is 7.99. The molecule has 1 aliphatic rings. The Kier molecular flexibility index (Phi) is 4.45. The van der Waals surface area contributed by atoms with Gasteiger partial charge in [-0.05, 0) is 42.5 Å². The van der Waals surface area contributed by atoms with Gasteiger partial charge >= 0.3 is 0 Å². The minimum absolute atomic E-state index is 0.307. The van der Waals surface area contributed by atoms with Gasteiger partial charge in [0.1, 0.15) is 5.82 Å². The standard InChI is InChI=1S/C16H12ClFN2OS/c17-11-3-1-10(2-4-11)16(21)20-19-14-7-8-22-15-6-5-12(18)9-13(14)15/h1-6,9H,7-8H2,(H,20,21). The van der Waals surface area contributed by atoms with E-state index in [4.69, 9.17) is 11.6 Å². The van der Waals surface area contributed by atoms with Crippen LogP contribution in [0.4, 0.5) is 4.39 Å². The Morgan fingerprint density at radius 2 is 2.00 bits per heavy atom. The largest absolute Gasteiger partial charge is 0.271 e. The van der Waals surface area contributed by atoms with Gasteiger partial charge in [-0.3, -0.25) is 4.79 Å². The number of thioether (sulfide) groups is 1. The lowest BCUT2D eigenvalue weighted by Gasteiger charge is -2.17. The number of carbonyl (C=O) groups is 1. The van der Waals surface area contributed by atoms with Crippen LogP contribution < -0.4 is 5.43 Å². The molecular formula is C16H12ClFN2OS. The molecule has 0 atom stereocenters. The van der Waals surface area contributed by atoms with Crippen LogP contribution in [0, 0.1) is 5.82 Å². The Morgan fingerprint density at radius 3 is 2.77 bits per heavy atom. The van der Waals surface area contributed by atoms with E-state index in [0.717, 1.165) is 16.2 Å². The molecule has 3 nitrogen and oxygen atoms in total. The topological polar surface area (TPSA) is 41.5 Å². The van der Waals surface area contributed by atoms with Gasteiger partial charge < -0.3 is 0 Å². The number of amides is 1. The lowest BCUT2D eigenvalue weighted by Crippen LogP contribution is -2.21. The highest BCUT2D eigenvalue weighted by Gasteiger charge is 2.17. The normalized spacial score (nSPS) is 15.5. The second-order valence-electron chi connectivity index (χ2n) is 4.75. The van der Waals surface area contributed by atoms with Gasteiger partial charge in [-0.1, -0.05) is 11.6 Å². The van der Waals surface area contributed by atoms with Crippen LogP contribution in [-0.4, -0.2) is 17.4 Å². The summed E-state index contributed by atoms with van der Waals surface area (Å²) in [5.41, 5.74) is 4.43. The van der Waals surface area contributed by atoms with Crippen LogP contribution in [0.5, 0.6) is 0 Å². The summed E-state index contributed by atoms with van der Waals surface area (Å²) in [6.07, 6.45) is 0.683. The maximum absolute atomic E-state index is 13.4. The fourth-order valence-electron chi connectivity index (χ4n) is 2.15. The molecule has 6 heteroatoms. The molecule has 1 aliphatic heterocycles. The number of carbonyl (C=O) groups excluding carboxylic acids is 1. The highest BCUT2D eigenvalue weighted by atomic mass is 35.5. The van der Waals surface area contributed by atoms with Crippen LogP contribution in [-0.2, 0) is 0 Å². The molecule has 3 rings (SSSR count). The highest BCUT2D eigenvalue weighted by Crippen LogP contribution is 2.30. The summed E-state index contributed by atoms with van der Waals surface area (Å²) in [6.45, 7) is 0. The van der Waals surface area contributed by atoms with E-state index in [1.54, 1.807) is 42.1 Å². The number of halogens is 2. The zero-order valence-corrected chi connectivity index (χ0v) is 13.0. The van der Waals surface area contributed by atoms with Crippen LogP contribution in [0.3, 0.4) is 0 Å². The molecule has 0 aromatic heterocycles. The Labute approximate surface area is 136 Å². The van der Waals surface area contributed by atoms with Crippen molar-refractivity contribution in [2.75, 3.05) is 5.75 Å². The van der Waals surface area contributed by atoms with Gasteiger partial charge in [0.05, 0.1) is 5.71 Å². The fourth-order valence-corrected chi connectivity index (χ4v) is 3.28. The molecule has 0 saturated carbocycles. The third-order valence-corrected chi connectivity index (χ3v) is 4.57. The lowest BCUT2D eigenvalue weighted by molar-refractivity contribution is 0.0955. The van der Waals surface area contributed by atoms with Gasteiger partial charge in [-0.2, -0.15) is 5.10 Å². The van der Waals surface area contributed by atoms with E-state index in [9.17, 15) is 9.18 Å². The first-order valence-electron chi connectivity index (χ1n) is 6.69. The van der Waals surface area contributed by atoms with Crippen molar-refractivity contribution in [1.82, 2.24) is 5.43 Å². The van der Waals surface area contributed by atoms with Crippen LogP contribution in [0.25, 0.3) is 0 Å². The van der Waals surface area contributed by atoms with Gasteiger partial charge in [-0.15, -0.1) is 11.8 Å². The SMILES string of the molecule is O=C(NN=C1CCSc2ccc(F)cc21)c1ccc(Cl)cc1. The first-order valence-corrected chi connectivity index (χ1v) is 8.05. The van der Waals surface area contributed by atoms with Gasteiger partial charge in [0.15, 0.2) is 0 Å². The molecule has 0 spiro atoms. The molecule has 1 heterocycles. The summed E-state index contributed by atoms with van der Waals surface area (Å²) >= 11 is 7.45. The number of hydrogen-bond donors (Lipinski definition) is 1. The maximum Gasteiger partial charge on any atom is 0.271 e. The fraction of sp³-hybridized carbons (Fsp3) is 0.125. The summed E-state index contributed by atoms with van der Waals surface area (Å²) in [4.78, 5) is 13.0. The second kappa shape index (κ2) is 6.50. The van der Waals surface area contributed by atoms with Crippen molar-refractivity contribution in [3.05, 3.63) is 64.4 Å². The maximum atomic E-state index is 13.4. The first kappa shape index (κ1) is 15.1. The molecule has 112 valence electrons. The van der Waals surface area contributed by atoms with Gasteiger partial charge in [-0.25, -0.2) is 9.82 Å². The molecule has 1 N–H and O–H groups in total. The van der Waals surface area contributed by atoms with E-state index in [1.165, 1.54) is 12.1 Å². The second-order valence-corrected chi connectivity index (χ2v) is 6.32. The van der Waals surface area contributed by atoms with Crippen molar-refractivity contribution in [2.45, 2.75) is 11.3 Å². The predicted octanol–water partition coefficient (Wildman–Crippen LogP) is 4.11. The molecule has 0 saturated heterocycles. The van der Waals surface area contributed by atoms with Crippen LogP contribution in [0.2, 0.25) is 5.02 Å². The smallest absolute Gasteiger partial charge is 0.267 e. The molecule has 22 heavy (non-hydrogen) atoms. The molecule has 0 unspecified atom stereocenters. The summed E-state index contributed by atoms with van der Waals surface area (Å²) in [5, 5.41) is 4.73. The summed E-state index contributed by atoms with van der Waals surface area (Å²) in [7, 11) is 0. The molecule has 0 fully saturated rings. The Balaban J connectivity index is 1.80. The number of nitrogens with one attached hydrogen (secondary N) is 1. The first-order chi connectivity index (χ1) is 10.6. The summed E-state index contributed by atoms with van der Waals surface area (Å²) < 4.78 is 13.4. The Bertz CT molecular complexity index is 746. The van der Waals surface area contributed by atoms with E-state index in [-0.39, 0.29) is 11.7 Å². The zero-order chi connectivity index (χ0) is 15.5. The number of hydrogen-bond acceptors (Lipinski definition) is 3. The lowest BCUT2D eigenvalue weighted by atomic mass is 10.1. The number of nitrogens with zero attached hydrogens (tertiary/aromatic N) is 1. The van der Waals surface area contributed by atoms with Crippen molar-refractivity contribution in [3.8, 4) is 0 Å². The Hall–Kier alpha value is -1.85. The van der Waals surface area contributed by atoms with Crippen LogP contribution in [0.15, 0.2) is 52.5 Å². The summed E-state index contributed by atoms with van der Waals surface area (Å²) in [6, 6.07) is 11.2. The van der Waals surface area contributed by atoms with Crippen molar-refractivity contribution in [1.29, 1.82) is 0 Å². The third kappa shape index (κ3) is 3.31. The molecular weight excluding hydrogens is 323 g/mol. The quantitative estimate of drug-likeness (QED) is 0.840. The predicted molar refractivity (Wildman–Crippen MR) is 87.2 cm³/mol. The minimum Gasteiger partial charge on any atom is -0.267 e. The van der Waals surface area contributed by atoms with Gasteiger partial charge in [0, 0.05) is 33.2 Å². The molecule has 1 amide bonds. The van der Waals surface area contributed by atoms with E-state index in [0.29, 0.717) is 22.7 Å². The van der Waals surface area contributed by atoms with Crippen LogP contribution >= 0.6 is 23.4 Å². The van der Waals surface area contributed by atoms with Gasteiger partial charge in [0.25, 0.3) is 5.91 Å². The molecule has 2 aromatic rings. The van der Waals surface area contributed by atoms with Gasteiger partial charge in [0.2, 0.25) is 0 Å². The molecule has 0 radical (unpaired) electrons. The molecule has 0 bridgehead atoms. The minimum atomic E-state index is -0.319. The van der Waals surface area contributed by atoms with E-state index < -0.39 is 0 Å². The number of fused-ring (bicyclic) bond motifs is 1. The Morgan fingerprint density at radius 1 is 1.23 bits per heavy atom.